The minimum absolute atomic E-state index is 0.102. The summed E-state index contributed by atoms with van der Waals surface area (Å²) in [6, 6.07) is 10.8. The van der Waals surface area contributed by atoms with Crippen molar-refractivity contribution in [3.63, 3.8) is 0 Å². The number of hydrogen-bond acceptors (Lipinski definition) is 4. The summed E-state index contributed by atoms with van der Waals surface area (Å²) in [5.41, 5.74) is 2.36. The molecule has 0 radical (unpaired) electrons. The van der Waals surface area contributed by atoms with Crippen molar-refractivity contribution in [2.45, 2.75) is 38.8 Å². The van der Waals surface area contributed by atoms with Crippen LogP contribution in [0.1, 0.15) is 29.0 Å². The number of H-pyrrole nitrogens is 1. The van der Waals surface area contributed by atoms with E-state index in [4.69, 9.17) is 12.2 Å². The highest BCUT2D eigenvalue weighted by Crippen LogP contribution is 2.17. The second kappa shape index (κ2) is 8.05. The van der Waals surface area contributed by atoms with Crippen molar-refractivity contribution in [2.24, 2.45) is 0 Å². The van der Waals surface area contributed by atoms with Crippen LogP contribution in [-0.2, 0) is 17.8 Å². The number of benzene rings is 1. The van der Waals surface area contributed by atoms with Gasteiger partial charge in [-0.05, 0) is 37.5 Å². The predicted octanol–water partition coefficient (Wildman–Crippen LogP) is 3.44. The van der Waals surface area contributed by atoms with Gasteiger partial charge in [-0.15, -0.1) is 11.3 Å². The lowest BCUT2D eigenvalue weighted by molar-refractivity contribution is -0.121. The first-order valence-electron chi connectivity index (χ1n) is 8.34. The molecule has 2 heterocycles. The number of thiazole rings is 1. The Hall–Kier alpha value is -1.50. The minimum Gasteiger partial charge on any atom is -0.353 e. The van der Waals surface area contributed by atoms with Crippen LogP contribution < -0.4 is 5.32 Å². The number of aromatic nitrogens is 1. The number of amides is 1. The van der Waals surface area contributed by atoms with Crippen LogP contribution in [0.4, 0.5) is 0 Å². The van der Waals surface area contributed by atoms with E-state index in [-0.39, 0.29) is 11.9 Å². The average molecular weight is 362 g/mol. The maximum atomic E-state index is 12.2. The van der Waals surface area contributed by atoms with Crippen LogP contribution in [0.5, 0.6) is 0 Å². The van der Waals surface area contributed by atoms with Crippen LogP contribution in [0.3, 0.4) is 0 Å². The fraction of sp³-hybridized carbons (Fsp3) is 0.444. The Morgan fingerprint density at radius 1 is 1.33 bits per heavy atom. The van der Waals surface area contributed by atoms with Gasteiger partial charge in [0.25, 0.3) is 0 Å². The van der Waals surface area contributed by atoms with E-state index in [1.807, 2.05) is 13.0 Å². The zero-order valence-electron chi connectivity index (χ0n) is 13.9. The molecule has 1 aliphatic heterocycles. The molecule has 3 rings (SSSR count). The first kappa shape index (κ1) is 17.3. The molecule has 0 aliphatic carbocycles. The summed E-state index contributed by atoms with van der Waals surface area (Å²) < 4.78 is 0.740. The van der Waals surface area contributed by atoms with Crippen LogP contribution in [0.15, 0.2) is 30.3 Å². The molecule has 0 atom stereocenters. The van der Waals surface area contributed by atoms with Crippen LogP contribution >= 0.6 is 23.6 Å². The Morgan fingerprint density at radius 3 is 2.67 bits per heavy atom. The normalized spacial score (nSPS) is 16.2. The Bertz CT molecular complexity index is 730. The molecule has 0 saturated carbocycles. The molecule has 1 aromatic heterocycles. The molecule has 2 N–H and O–H groups in total. The SMILES string of the molecule is Cc1[nH]c(=S)sc1CC(=O)NC1CCN(Cc2ccccc2)CC1. The van der Waals surface area contributed by atoms with Crippen LogP contribution in [0.25, 0.3) is 0 Å². The predicted molar refractivity (Wildman–Crippen MR) is 101 cm³/mol. The monoisotopic (exact) mass is 361 g/mol. The molecule has 1 amide bonds. The first-order valence-corrected chi connectivity index (χ1v) is 9.57. The summed E-state index contributed by atoms with van der Waals surface area (Å²) in [6.45, 7) is 5.02. The zero-order valence-corrected chi connectivity index (χ0v) is 15.5. The van der Waals surface area contributed by atoms with Crippen molar-refractivity contribution in [3.05, 3.63) is 50.4 Å². The van der Waals surface area contributed by atoms with Gasteiger partial charge in [0.15, 0.2) is 3.95 Å². The highest BCUT2D eigenvalue weighted by atomic mass is 32.1. The highest BCUT2D eigenvalue weighted by molar-refractivity contribution is 7.73. The largest absolute Gasteiger partial charge is 0.353 e. The van der Waals surface area contributed by atoms with Gasteiger partial charge in [0.2, 0.25) is 5.91 Å². The molecule has 1 fully saturated rings. The van der Waals surface area contributed by atoms with E-state index in [1.165, 1.54) is 16.9 Å². The second-order valence-corrected chi connectivity index (χ2v) is 8.11. The molecule has 2 aromatic rings. The number of nitrogens with one attached hydrogen (secondary N) is 2. The summed E-state index contributed by atoms with van der Waals surface area (Å²) >= 11 is 6.62. The van der Waals surface area contributed by atoms with E-state index in [2.05, 4.69) is 39.5 Å². The van der Waals surface area contributed by atoms with Gasteiger partial charge < -0.3 is 10.3 Å². The van der Waals surface area contributed by atoms with Gasteiger partial charge in [-0.25, -0.2) is 0 Å². The summed E-state index contributed by atoms with van der Waals surface area (Å²) in [5, 5.41) is 3.18. The second-order valence-electron chi connectivity index (χ2n) is 6.34. The van der Waals surface area contributed by atoms with Crippen molar-refractivity contribution in [3.8, 4) is 0 Å². The zero-order chi connectivity index (χ0) is 16.9. The van der Waals surface area contributed by atoms with Gasteiger partial charge in [0.05, 0.1) is 6.42 Å². The third-order valence-electron chi connectivity index (χ3n) is 4.45. The topological polar surface area (TPSA) is 48.1 Å². The van der Waals surface area contributed by atoms with Crippen molar-refractivity contribution < 1.29 is 4.79 Å². The lowest BCUT2D eigenvalue weighted by Gasteiger charge is -2.32. The summed E-state index contributed by atoms with van der Waals surface area (Å²) in [4.78, 5) is 18.8. The van der Waals surface area contributed by atoms with Crippen LogP contribution in [0.2, 0.25) is 0 Å². The van der Waals surface area contributed by atoms with Gasteiger partial charge in [-0.3, -0.25) is 9.69 Å². The Labute approximate surface area is 151 Å². The van der Waals surface area contributed by atoms with E-state index in [1.54, 1.807) is 0 Å². The van der Waals surface area contributed by atoms with Crippen molar-refractivity contribution in [2.75, 3.05) is 13.1 Å². The number of carbonyl (C=O) groups excluding carboxylic acids is 1. The number of likely N-dealkylation sites (tertiary alicyclic amines) is 1. The summed E-state index contributed by atoms with van der Waals surface area (Å²) in [7, 11) is 0. The van der Waals surface area contributed by atoms with Gasteiger partial charge >= 0.3 is 0 Å². The van der Waals surface area contributed by atoms with Gasteiger partial charge in [-0.1, -0.05) is 30.3 Å². The number of rotatable bonds is 5. The Morgan fingerprint density at radius 2 is 2.04 bits per heavy atom. The molecule has 1 aliphatic rings. The van der Waals surface area contributed by atoms with Gasteiger partial charge in [0.1, 0.15) is 0 Å². The molecule has 0 bridgehead atoms. The van der Waals surface area contributed by atoms with Gasteiger partial charge in [0, 0.05) is 36.2 Å². The third-order valence-corrected chi connectivity index (χ3v) is 5.78. The number of aryl methyl sites for hydroxylation is 1. The fourth-order valence-electron chi connectivity index (χ4n) is 3.11. The molecular formula is C18H23N3OS2. The molecule has 128 valence electrons. The molecule has 0 spiro atoms. The van der Waals surface area contributed by atoms with Crippen LogP contribution in [0, 0.1) is 10.9 Å². The quantitative estimate of drug-likeness (QED) is 0.802. The van der Waals surface area contributed by atoms with Crippen molar-refractivity contribution in [1.29, 1.82) is 0 Å². The highest BCUT2D eigenvalue weighted by Gasteiger charge is 2.21. The minimum atomic E-state index is 0.102. The lowest BCUT2D eigenvalue weighted by Crippen LogP contribution is -2.44. The lowest BCUT2D eigenvalue weighted by atomic mass is 10.0. The maximum Gasteiger partial charge on any atom is 0.225 e. The molecule has 1 saturated heterocycles. The van der Waals surface area contributed by atoms with E-state index in [0.717, 1.165) is 47.0 Å². The number of piperidine rings is 1. The molecule has 24 heavy (non-hydrogen) atoms. The number of hydrogen-bond donors (Lipinski definition) is 2. The average Bonchev–Trinajstić information content (AvgIpc) is 2.87. The molecule has 0 unspecified atom stereocenters. The Balaban J connectivity index is 1.44. The number of carbonyl (C=O) groups is 1. The summed E-state index contributed by atoms with van der Waals surface area (Å²) in [6.07, 6.45) is 2.45. The number of aromatic amines is 1. The van der Waals surface area contributed by atoms with E-state index >= 15 is 0 Å². The molecular weight excluding hydrogens is 338 g/mol. The molecule has 4 nitrogen and oxygen atoms in total. The maximum absolute atomic E-state index is 12.2. The Kier molecular flexibility index (Phi) is 5.81. The summed E-state index contributed by atoms with van der Waals surface area (Å²) in [5.74, 6) is 0.102. The van der Waals surface area contributed by atoms with Crippen molar-refractivity contribution >= 4 is 29.5 Å². The fourth-order valence-corrected chi connectivity index (χ4v) is 4.40. The van der Waals surface area contributed by atoms with Crippen molar-refractivity contribution in [1.82, 2.24) is 15.2 Å². The molecule has 6 heteroatoms. The third kappa shape index (κ3) is 4.75. The number of nitrogens with zero attached hydrogens (tertiary/aromatic N) is 1. The van der Waals surface area contributed by atoms with Crippen LogP contribution in [-0.4, -0.2) is 34.9 Å². The van der Waals surface area contributed by atoms with E-state index in [0.29, 0.717) is 6.42 Å². The smallest absolute Gasteiger partial charge is 0.225 e. The van der Waals surface area contributed by atoms with E-state index in [9.17, 15) is 4.79 Å². The van der Waals surface area contributed by atoms with Gasteiger partial charge in [-0.2, -0.15) is 0 Å². The first-order chi connectivity index (χ1) is 11.6. The van der Waals surface area contributed by atoms with E-state index < -0.39 is 0 Å². The molecule has 1 aromatic carbocycles. The standard InChI is InChI=1S/C18H23N3OS2/c1-13-16(24-18(23)19-13)11-17(22)20-15-7-9-21(10-8-15)12-14-5-3-2-4-6-14/h2-6,15H,7-12H2,1H3,(H,19,23)(H,20,22).